The molecular weight excluding hydrogens is 356 g/mol. The van der Waals surface area contributed by atoms with Gasteiger partial charge in [-0.3, -0.25) is 4.79 Å². The van der Waals surface area contributed by atoms with E-state index in [2.05, 4.69) is 5.32 Å². The molecule has 0 spiro atoms. The van der Waals surface area contributed by atoms with Gasteiger partial charge >= 0.3 is 0 Å². The van der Waals surface area contributed by atoms with Crippen LogP contribution < -0.4 is 5.32 Å². The van der Waals surface area contributed by atoms with Crippen molar-refractivity contribution in [2.24, 2.45) is 11.3 Å². The second-order valence-corrected chi connectivity index (χ2v) is 9.87. The first-order valence-corrected chi connectivity index (χ1v) is 11.3. The summed E-state index contributed by atoms with van der Waals surface area (Å²) in [6.45, 7) is 5.23. The van der Waals surface area contributed by atoms with Crippen LogP contribution in [0.25, 0.3) is 0 Å². The lowest BCUT2D eigenvalue weighted by atomic mass is 9.67. The summed E-state index contributed by atoms with van der Waals surface area (Å²) in [5, 5.41) is 3.43. The zero-order valence-electron chi connectivity index (χ0n) is 15.4. The summed E-state index contributed by atoms with van der Waals surface area (Å²) >= 11 is 0. The third-order valence-corrected chi connectivity index (χ3v) is 8.65. The van der Waals surface area contributed by atoms with Crippen molar-refractivity contribution in [3.05, 3.63) is 0 Å². The summed E-state index contributed by atoms with van der Waals surface area (Å²) in [7, 11) is -3.44. The van der Waals surface area contributed by atoms with Gasteiger partial charge in [-0.1, -0.05) is 12.8 Å². The van der Waals surface area contributed by atoms with Gasteiger partial charge in [-0.25, -0.2) is 0 Å². The number of carbonyl (C=O) groups excluding carboxylic acids is 1. The molecule has 0 aromatic heterocycles. The summed E-state index contributed by atoms with van der Waals surface area (Å²) in [4.78, 5) is 15.2. The lowest BCUT2D eigenvalue weighted by Crippen LogP contribution is -2.59. The van der Waals surface area contributed by atoms with Crippen LogP contribution in [0.15, 0.2) is 0 Å². The molecule has 3 heterocycles. The summed E-state index contributed by atoms with van der Waals surface area (Å²) in [6, 6.07) is 0. The number of hydrogen-bond acceptors (Lipinski definition) is 5. The highest BCUT2D eigenvalue weighted by Gasteiger charge is 2.51. The normalized spacial score (nSPS) is 34.6. The zero-order chi connectivity index (χ0) is 18.2. The summed E-state index contributed by atoms with van der Waals surface area (Å²) < 4.78 is 33.9. The molecule has 4 fully saturated rings. The molecule has 0 aromatic carbocycles. The molecule has 4 rings (SSSR count). The van der Waals surface area contributed by atoms with Crippen LogP contribution in [-0.4, -0.2) is 93.4 Å². The number of nitrogens with one attached hydrogen (secondary N) is 1. The van der Waals surface area contributed by atoms with Crippen molar-refractivity contribution in [2.45, 2.75) is 25.7 Å². The molecule has 1 aliphatic carbocycles. The Bertz CT molecular complexity index is 629. The maximum Gasteiger partial charge on any atom is 0.282 e. The highest BCUT2D eigenvalue weighted by Crippen LogP contribution is 2.45. The number of morpholine rings is 1. The third-order valence-electron chi connectivity index (χ3n) is 6.61. The predicted octanol–water partition coefficient (Wildman–Crippen LogP) is -0.513. The second-order valence-electron chi connectivity index (χ2n) is 7.94. The van der Waals surface area contributed by atoms with Crippen molar-refractivity contribution in [1.82, 2.24) is 18.8 Å². The molecule has 0 aromatic rings. The van der Waals surface area contributed by atoms with Gasteiger partial charge in [0.2, 0.25) is 5.91 Å². The molecule has 0 bridgehead atoms. The lowest BCUT2D eigenvalue weighted by Gasteiger charge is -2.44. The van der Waals surface area contributed by atoms with Crippen LogP contribution >= 0.6 is 0 Å². The minimum absolute atomic E-state index is 0.246. The zero-order valence-corrected chi connectivity index (χ0v) is 16.2. The Labute approximate surface area is 156 Å². The first-order valence-electron chi connectivity index (χ1n) is 9.87. The number of rotatable bonds is 3. The van der Waals surface area contributed by atoms with Gasteiger partial charge < -0.3 is 15.0 Å². The molecule has 9 heteroatoms. The highest BCUT2D eigenvalue weighted by molar-refractivity contribution is 7.86. The Hall–Kier alpha value is -0.740. The first kappa shape index (κ1) is 18.6. The molecule has 0 radical (unpaired) electrons. The van der Waals surface area contributed by atoms with Crippen LogP contribution in [0.2, 0.25) is 0 Å². The van der Waals surface area contributed by atoms with Crippen LogP contribution in [0.1, 0.15) is 25.7 Å². The van der Waals surface area contributed by atoms with Crippen LogP contribution in [0.3, 0.4) is 0 Å². The largest absolute Gasteiger partial charge is 0.379 e. The van der Waals surface area contributed by atoms with E-state index in [9.17, 15) is 13.2 Å². The van der Waals surface area contributed by atoms with E-state index in [0.717, 1.165) is 32.4 Å². The number of nitrogens with zero attached hydrogens (tertiary/aromatic N) is 3. The van der Waals surface area contributed by atoms with E-state index in [4.69, 9.17) is 4.74 Å². The van der Waals surface area contributed by atoms with Gasteiger partial charge in [0.05, 0.1) is 18.6 Å². The van der Waals surface area contributed by atoms with E-state index < -0.39 is 10.2 Å². The Morgan fingerprint density at radius 2 is 1.69 bits per heavy atom. The molecule has 3 saturated heterocycles. The number of piperazine rings is 1. The number of fused-ring (bicyclic) bond motifs is 1. The van der Waals surface area contributed by atoms with Gasteiger partial charge in [0.25, 0.3) is 10.2 Å². The molecule has 2 atom stereocenters. The van der Waals surface area contributed by atoms with Gasteiger partial charge in [0, 0.05) is 45.8 Å². The summed E-state index contributed by atoms with van der Waals surface area (Å²) in [6.07, 6.45) is 4.43. The van der Waals surface area contributed by atoms with Crippen LogP contribution in [0, 0.1) is 11.3 Å². The molecule has 3 aliphatic heterocycles. The maximum absolute atomic E-state index is 13.3. The van der Waals surface area contributed by atoms with E-state index in [1.54, 1.807) is 0 Å². The Kier molecular flexibility index (Phi) is 5.26. The summed E-state index contributed by atoms with van der Waals surface area (Å²) in [5.41, 5.74) is -0.247. The van der Waals surface area contributed by atoms with Crippen LogP contribution in [0.4, 0.5) is 0 Å². The average Bonchev–Trinajstić information content (AvgIpc) is 3.13. The lowest BCUT2D eigenvalue weighted by molar-refractivity contribution is -0.146. The Morgan fingerprint density at radius 1 is 1.00 bits per heavy atom. The molecule has 4 aliphatic rings. The SMILES string of the molecule is O=C(N1CCN(S(=O)(=O)N2CCOCC2)CC1)[C@@]12CCCC[C@H]1CNC2. The molecule has 1 saturated carbocycles. The van der Waals surface area contributed by atoms with E-state index in [0.29, 0.717) is 58.4 Å². The first-order chi connectivity index (χ1) is 12.5. The quantitative estimate of drug-likeness (QED) is 0.706. The van der Waals surface area contributed by atoms with Crippen LogP contribution in [0.5, 0.6) is 0 Å². The Morgan fingerprint density at radius 3 is 2.42 bits per heavy atom. The van der Waals surface area contributed by atoms with Crippen molar-refractivity contribution < 1.29 is 17.9 Å². The monoisotopic (exact) mass is 386 g/mol. The number of ether oxygens (including phenoxy) is 1. The van der Waals surface area contributed by atoms with Gasteiger partial charge in [-0.15, -0.1) is 0 Å². The molecule has 148 valence electrons. The van der Waals surface area contributed by atoms with Crippen molar-refractivity contribution in [3.63, 3.8) is 0 Å². The standard InChI is InChI=1S/C17H30N4O4S/c22-16(17-4-2-1-3-15(17)13-18-14-17)19-5-7-20(8-6-19)26(23,24)21-9-11-25-12-10-21/h15,18H,1-14H2/t15-,17+/m0/s1. The van der Waals surface area contributed by atoms with E-state index in [-0.39, 0.29) is 11.3 Å². The van der Waals surface area contributed by atoms with Crippen molar-refractivity contribution in [1.29, 1.82) is 0 Å². The number of amides is 1. The second kappa shape index (κ2) is 7.35. The van der Waals surface area contributed by atoms with Gasteiger partial charge in [-0.2, -0.15) is 17.0 Å². The fourth-order valence-corrected chi connectivity index (χ4v) is 6.61. The Balaban J connectivity index is 1.39. The van der Waals surface area contributed by atoms with Crippen LogP contribution in [-0.2, 0) is 19.7 Å². The van der Waals surface area contributed by atoms with Gasteiger partial charge in [0.15, 0.2) is 0 Å². The molecule has 8 nitrogen and oxygen atoms in total. The minimum Gasteiger partial charge on any atom is -0.379 e. The molecular formula is C17H30N4O4S. The molecule has 1 amide bonds. The smallest absolute Gasteiger partial charge is 0.282 e. The van der Waals surface area contributed by atoms with Crippen molar-refractivity contribution >= 4 is 16.1 Å². The maximum atomic E-state index is 13.3. The van der Waals surface area contributed by atoms with Crippen molar-refractivity contribution in [3.8, 4) is 0 Å². The van der Waals surface area contributed by atoms with E-state index in [1.165, 1.54) is 15.0 Å². The molecule has 26 heavy (non-hydrogen) atoms. The predicted molar refractivity (Wildman–Crippen MR) is 96.7 cm³/mol. The minimum atomic E-state index is -3.44. The highest BCUT2D eigenvalue weighted by atomic mass is 32.2. The number of carbonyl (C=O) groups is 1. The average molecular weight is 387 g/mol. The van der Waals surface area contributed by atoms with E-state index >= 15 is 0 Å². The van der Waals surface area contributed by atoms with E-state index in [1.807, 2.05) is 4.90 Å². The van der Waals surface area contributed by atoms with Crippen molar-refractivity contribution in [2.75, 3.05) is 65.6 Å². The van der Waals surface area contributed by atoms with Gasteiger partial charge in [0.1, 0.15) is 0 Å². The fourth-order valence-electron chi connectivity index (χ4n) is 5.05. The fraction of sp³-hybridized carbons (Fsp3) is 0.941. The topological polar surface area (TPSA) is 82.2 Å². The molecule has 1 N–H and O–H groups in total. The third kappa shape index (κ3) is 3.17. The molecule has 0 unspecified atom stereocenters. The van der Waals surface area contributed by atoms with Gasteiger partial charge in [-0.05, 0) is 25.3 Å². The number of hydrogen-bond donors (Lipinski definition) is 1. The summed E-state index contributed by atoms with van der Waals surface area (Å²) in [5.74, 6) is 0.689.